The van der Waals surface area contributed by atoms with Crippen LogP contribution < -0.4 is 20.9 Å². The topological polar surface area (TPSA) is 108 Å². The van der Waals surface area contributed by atoms with Crippen molar-refractivity contribution < 1.29 is 19.1 Å². The standard InChI is InChI=1S/C14H19N3O4/c1-8(2)5-17(6-13(16)18)14(19)9-3-11-12(4-10(9)15)21-7-20-11/h3-4,8H,5-7,15H2,1-2H3,(H2,16,18). The molecule has 4 N–H and O–H groups in total. The van der Waals surface area contributed by atoms with E-state index in [0.29, 0.717) is 18.0 Å². The Morgan fingerprint density at radius 2 is 1.90 bits per heavy atom. The number of rotatable bonds is 5. The van der Waals surface area contributed by atoms with Crippen LogP contribution in [0, 0.1) is 5.92 Å². The quantitative estimate of drug-likeness (QED) is 0.772. The van der Waals surface area contributed by atoms with Crippen molar-refractivity contribution in [3.63, 3.8) is 0 Å². The summed E-state index contributed by atoms with van der Waals surface area (Å²) >= 11 is 0. The number of primary amides is 1. The van der Waals surface area contributed by atoms with Gasteiger partial charge in [0.05, 0.1) is 12.1 Å². The second kappa shape index (κ2) is 5.90. The average molecular weight is 293 g/mol. The summed E-state index contributed by atoms with van der Waals surface area (Å²) < 4.78 is 10.4. The van der Waals surface area contributed by atoms with Crippen molar-refractivity contribution in [2.45, 2.75) is 13.8 Å². The van der Waals surface area contributed by atoms with Gasteiger partial charge in [-0.05, 0) is 12.0 Å². The number of benzene rings is 1. The first-order valence-electron chi connectivity index (χ1n) is 6.65. The first kappa shape index (κ1) is 15.0. The summed E-state index contributed by atoms with van der Waals surface area (Å²) in [6.07, 6.45) is 0. The van der Waals surface area contributed by atoms with Crippen molar-refractivity contribution in [1.29, 1.82) is 0 Å². The second-order valence-electron chi connectivity index (χ2n) is 5.34. The fourth-order valence-electron chi connectivity index (χ4n) is 2.16. The van der Waals surface area contributed by atoms with E-state index in [1.807, 2.05) is 13.8 Å². The van der Waals surface area contributed by atoms with Crippen molar-refractivity contribution in [3.05, 3.63) is 17.7 Å². The molecule has 1 aliphatic rings. The Kier molecular flexibility index (Phi) is 4.21. The van der Waals surface area contributed by atoms with Crippen LogP contribution in [0.1, 0.15) is 24.2 Å². The van der Waals surface area contributed by atoms with Crippen molar-refractivity contribution in [2.24, 2.45) is 11.7 Å². The number of carbonyl (C=O) groups is 2. The second-order valence-corrected chi connectivity index (χ2v) is 5.34. The molecule has 0 aromatic heterocycles. The molecule has 7 heteroatoms. The molecule has 0 saturated heterocycles. The van der Waals surface area contributed by atoms with Crippen molar-refractivity contribution in [3.8, 4) is 11.5 Å². The van der Waals surface area contributed by atoms with E-state index in [9.17, 15) is 9.59 Å². The highest BCUT2D eigenvalue weighted by molar-refractivity contribution is 6.01. The summed E-state index contributed by atoms with van der Waals surface area (Å²) in [5.41, 5.74) is 11.7. The molecule has 0 saturated carbocycles. The van der Waals surface area contributed by atoms with Gasteiger partial charge < -0.3 is 25.8 Å². The lowest BCUT2D eigenvalue weighted by Gasteiger charge is -2.24. The minimum absolute atomic E-state index is 0.101. The molecule has 2 amide bonds. The molecule has 2 rings (SSSR count). The fraction of sp³-hybridized carbons (Fsp3) is 0.429. The third-order valence-corrected chi connectivity index (χ3v) is 2.99. The molecule has 7 nitrogen and oxygen atoms in total. The van der Waals surface area contributed by atoms with Crippen LogP contribution in [0.2, 0.25) is 0 Å². The zero-order valence-electron chi connectivity index (χ0n) is 12.1. The smallest absolute Gasteiger partial charge is 0.256 e. The molecule has 1 aromatic rings. The van der Waals surface area contributed by atoms with E-state index >= 15 is 0 Å². The molecule has 0 atom stereocenters. The molecule has 0 unspecified atom stereocenters. The maximum Gasteiger partial charge on any atom is 0.256 e. The van der Waals surface area contributed by atoms with Crippen LogP contribution in [0.5, 0.6) is 11.5 Å². The Labute approximate surface area is 122 Å². The molecular weight excluding hydrogens is 274 g/mol. The molecule has 1 aromatic carbocycles. The van der Waals surface area contributed by atoms with Crippen LogP contribution >= 0.6 is 0 Å². The van der Waals surface area contributed by atoms with Gasteiger partial charge in [0.25, 0.3) is 5.91 Å². The van der Waals surface area contributed by atoms with Gasteiger partial charge >= 0.3 is 0 Å². The van der Waals surface area contributed by atoms with Crippen LogP contribution in [0.25, 0.3) is 0 Å². The highest BCUT2D eigenvalue weighted by Gasteiger charge is 2.24. The normalized spacial score (nSPS) is 12.5. The van der Waals surface area contributed by atoms with E-state index in [2.05, 4.69) is 0 Å². The number of nitrogen functional groups attached to an aromatic ring is 1. The van der Waals surface area contributed by atoms with Gasteiger partial charge in [-0.1, -0.05) is 13.8 Å². The van der Waals surface area contributed by atoms with E-state index in [1.54, 1.807) is 6.07 Å². The highest BCUT2D eigenvalue weighted by Crippen LogP contribution is 2.36. The zero-order valence-corrected chi connectivity index (χ0v) is 12.1. The van der Waals surface area contributed by atoms with E-state index < -0.39 is 5.91 Å². The lowest BCUT2D eigenvalue weighted by Crippen LogP contribution is -2.40. The Balaban J connectivity index is 2.29. The predicted molar refractivity (Wildman–Crippen MR) is 76.9 cm³/mol. The van der Waals surface area contributed by atoms with Gasteiger partial charge in [0.15, 0.2) is 11.5 Å². The van der Waals surface area contributed by atoms with Gasteiger partial charge in [-0.25, -0.2) is 0 Å². The maximum atomic E-state index is 12.6. The number of fused-ring (bicyclic) bond motifs is 1. The molecule has 21 heavy (non-hydrogen) atoms. The summed E-state index contributed by atoms with van der Waals surface area (Å²) in [6, 6.07) is 3.09. The number of nitrogens with zero attached hydrogens (tertiary/aromatic N) is 1. The largest absolute Gasteiger partial charge is 0.454 e. The summed E-state index contributed by atoms with van der Waals surface area (Å²) in [7, 11) is 0. The number of hydrogen-bond acceptors (Lipinski definition) is 5. The highest BCUT2D eigenvalue weighted by atomic mass is 16.7. The fourth-order valence-corrected chi connectivity index (χ4v) is 2.16. The molecule has 0 radical (unpaired) electrons. The van der Waals surface area contributed by atoms with Gasteiger partial charge in [0.1, 0.15) is 0 Å². The van der Waals surface area contributed by atoms with Crippen molar-refractivity contribution >= 4 is 17.5 Å². The number of anilines is 1. The van der Waals surface area contributed by atoms with Crippen molar-refractivity contribution in [2.75, 3.05) is 25.6 Å². The minimum atomic E-state index is -0.566. The lowest BCUT2D eigenvalue weighted by molar-refractivity contribution is -0.118. The first-order chi connectivity index (χ1) is 9.88. The van der Waals surface area contributed by atoms with E-state index in [-0.39, 0.29) is 36.4 Å². The zero-order chi connectivity index (χ0) is 15.6. The Bertz CT molecular complexity index is 572. The van der Waals surface area contributed by atoms with E-state index in [4.69, 9.17) is 20.9 Å². The van der Waals surface area contributed by atoms with E-state index in [0.717, 1.165) is 0 Å². The predicted octanol–water partition coefficient (Wildman–Crippen LogP) is 0.581. The molecule has 0 spiro atoms. The minimum Gasteiger partial charge on any atom is -0.454 e. The van der Waals surface area contributed by atoms with Crippen LogP contribution in [-0.2, 0) is 4.79 Å². The molecule has 114 valence electrons. The SMILES string of the molecule is CC(C)CN(CC(N)=O)C(=O)c1cc2c(cc1N)OCO2. The molecule has 0 aliphatic carbocycles. The third kappa shape index (κ3) is 3.36. The molecule has 1 heterocycles. The monoisotopic (exact) mass is 293 g/mol. The molecular formula is C14H19N3O4. The summed E-state index contributed by atoms with van der Waals surface area (Å²) in [5.74, 6) is 0.260. The summed E-state index contributed by atoms with van der Waals surface area (Å²) in [5, 5.41) is 0. The number of nitrogens with two attached hydrogens (primary N) is 2. The molecule has 1 aliphatic heterocycles. The number of hydrogen-bond donors (Lipinski definition) is 2. The number of amides is 2. The Hall–Kier alpha value is -2.44. The summed E-state index contributed by atoms with van der Waals surface area (Å²) in [4.78, 5) is 25.1. The van der Waals surface area contributed by atoms with Crippen LogP contribution in [0.15, 0.2) is 12.1 Å². The van der Waals surface area contributed by atoms with Gasteiger partial charge in [-0.2, -0.15) is 0 Å². The Morgan fingerprint density at radius 3 is 2.48 bits per heavy atom. The Morgan fingerprint density at radius 1 is 1.29 bits per heavy atom. The molecule has 0 fully saturated rings. The lowest BCUT2D eigenvalue weighted by atomic mass is 10.1. The van der Waals surface area contributed by atoms with Crippen molar-refractivity contribution in [1.82, 2.24) is 4.90 Å². The van der Waals surface area contributed by atoms with Crippen LogP contribution in [0.4, 0.5) is 5.69 Å². The first-order valence-corrected chi connectivity index (χ1v) is 6.65. The van der Waals surface area contributed by atoms with Crippen LogP contribution in [0.3, 0.4) is 0 Å². The van der Waals surface area contributed by atoms with Gasteiger partial charge in [0.2, 0.25) is 12.7 Å². The maximum absolute atomic E-state index is 12.6. The third-order valence-electron chi connectivity index (χ3n) is 2.99. The molecule has 0 bridgehead atoms. The van der Waals surface area contributed by atoms with Gasteiger partial charge in [-0.3, -0.25) is 9.59 Å². The van der Waals surface area contributed by atoms with Gasteiger partial charge in [0, 0.05) is 18.3 Å². The van der Waals surface area contributed by atoms with Gasteiger partial charge in [-0.15, -0.1) is 0 Å². The average Bonchev–Trinajstić information content (AvgIpc) is 2.82. The van der Waals surface area contributed by atoms with Crippen LogP contribution in [-0.4, -0.2) is 36.6 Å². The number of ether oxygens (including phenoxy) is 2. The summed E-state index contributed by atoms with van der Waals surface area (Å²) in [6.45, 7) is 4.26. The number of carbonyl (C=O) groups excluding carboxylic acids is 2. The van der Waals surface area contributed by atoms with E-state index in [1.165, 1.54) is 11.0 Å².